The first-order chi connectivity index (χ1) is 5.29. The van der Waals surface area contributed by atoms with Gasteiger partial charge in [0.05, 0.1) is 11.5 Å². The zero-order chi connectivity index (χ0) is 8.10. The molecule has 0 aliphatic rings. The number of aromatic amines is 1. The van der Waals surface area contributed by atoms with Crippen LogP contribution in [0.4, 0.5) is 0 Å². The highest BCUT2D eigenvalue weighted by atomic mass is 32.2. The second-order valence-corrected chi connectivity index (χ2v) is 2.70. The summed E-state index contributed by atoms with van der Waals surface area (Å²) in [5.41, 5.74) is 0. The molecule has 6 nitrogen and oxygen atoms in total. The number of carbonyl (C=O) groups is 1. The molecule has 0 atom stereocenters. The van der Waals surface area contributed by atoms with Crippen LogP contribution in [-0.4, -0.2) is 37.5 Å². The summed E-state index contributed by atoms with van der Waals surface area (Å²) in [6, 6.07) is 0. The van der Waals surface area contributed by atoms with Crippen molar-refractivity contribution in [2.75, 3.05) is 5.75 Å². The molecule has 1 heterocycles. The number of hydrogen-bond donors (Lipinski definition) is 2. The number of thioether (sulfide) groups is 1. The quantitative estimate of drug-likeness (QED) is 0.640. The van der Waals surface area contributed by atoms with Crippen molar-refractivity contribution < 1.29 is 9.90 Å². The van der Waals surface area contributed by atoms with E-state index in [-0.39, 0.29) is 5.75 Å². The van der Waals surface area contributed by atoms with Crippen LogP contribution in [0.25, 0.3) is 0 Å². The van der Waals surface area contributed by atoms with E-state index in [4.69, 9.17) is 5.11 Å². The summed E-state index contributed by atoms with van der Waals surface area (Å²) in [5.74, 6) is 0.229. The van der Waals surface area contributed by atoms with Crippen LogP contribution in [0.15, 0.2) is 0 Å². The molecule has 1 rings (SSSR count). The number of hydrogen-bond acceptors (Lipinski definition) is 5. The highest BCUT2D eigenvalue weighted by Crippen LogP contribution is 2.05. The third-order valence-electron chi connectivity index (χ3n) is 0.846. The minimum absolute atomic E-state index is 0.0640. The highest BCUT2D eigenvalue weighted by molar-refractivity contribution is 7.99. The fourth-order valence-corrected chi connectivity index (χ4v) is 1.05. The van der Waals surface area contributed by atoms with Crippen LogP contribution in [0.1, 0.15) is 5.82 Å². The van der Waals surface area contributed by atoms with Crippen molar-refractivity contribution in [2.45, 2.75) is 5.75 Å². The lowest BCUT2D eigenvalue weighted by Gasteiger charge is -1.90. The minimum Gasteiger partial charge on any atom is -0.481 e. The fourth-order valence-electron chi connectivity index (χ4n) is 0.473. The van der Waals surface area contributed by atoms with Gasteiger partial charge in [-0.05, 0) is 0 Å². The highest BCUT2D eigenvalue weighted by Gasteiger charge is 2.00. The summed E-state index contributed by atoms with van der Waals surface area (Å²) < 4.78 is 0. The first-order valence-corrected chi connectivity index (χ1v) is 3.96. The van der Waals surface area contributed by atoms with Crippen LogP contribution in [0.3, 0.4) is 0 Å². The molecule has 0 unspecified atom stereocenters. The second-order valence-electron chi connectivity index (χ2n) is 1.71. The summed E-state index contributed by atoms with van der Waals surface area (Å²) in [6.07, 6.45) is 0. The molecule has 0 aliphatic heterocycles. The maximum atomic E-state index is 10.0. The lowest BCUT2D eigenvalue weighted by Crippen LogP contribution is -1.98. The molecule has 0 spiro atoms. The average Bonchev–Trinajstić information content (AvgIpc) is 2.39. The maximum absolute atomic E-state index is 10.0. The van der Waals surface area contributed by atoms with Gasteiger partial charge in [-0.2, -0.15) is 5.21 Å². The van der Waals surface area contributed by atoms with Gasteiger partial charge in [0, 0.05) is 0 Å². The SMILES string of the molecule is O=C(O)CSCc1nn[nH]n1. The number of nitrogens with zero attached hydrogens (tertiary/aromatic N) is 3. The van der Waals surface area contributed by atoms with Crippen LogP contribution in [-0.2, 0) is 10.5 Å². The first-order valence-electron chi connectivity index (χ1n) is 2.81. The predicted molar refractivity (Wildman–Crippen MR) is 38.0 cm³/mol. The lowest BCUT2D eigenvalue weighted by atomic mass is 10.7. The third kappa shape index (κ3) is 2.99. The molecular weight excluding hydrogens is 168 g/mol. The first kappa shape index (κ1) is 7.99. The zero-order valence-corrected chi connectivity index (χ0v) is 6.34. The smallest absolute Gasteiger partial charge is 0.313 e. The van der Waals surface area contributed by atoms with Crippen molar-refractivity contribution in [2.24, 2.45) is 0 Å². The molecule has 1 aromatic heterocycles. The number of aliphatic carboxylic acids is 1. The molecule has 0 bridgehead atoms. The molecule has 0 radical (unpaired) electrons. The Morgan fingerprint density at radius 3 is 3.09 bits per heavy atom. The summed E-state index contributed by atoms with van der Waals surface area (Å²) in [6.45, 7) is 0. The summed E-state index contributed by atoms with van der Waals surface area (Å²) >= 11 is 1.23. The summed E-state index contributed by atoms with van der Waals surface area (Å²) in [5, 5.41) is 21.2. The number of nitrogens with one attached hydrogen (secondary N) is 1. The van der Waals surface area contributed by atoms with Gasteiger partial charge in [-0.15, -0.1) is 22.0 Å². The molecule has 0 aromatic carbocycles. The predicted octanol–water partition coefficient (Wildman–Crippen LogP) is -0.483. The van der Waals surface area contributed by atoms with Gasteiger partial charge >= 0.3 is 5.97 Å². The average molecular weight is 174 g/mol. The molecule has 0 saturated carbocycles. The van der Waals surface area contributed by atoms with Crippen LogP contribution >= 0.6 is 11.8 Å². The van der Waals surface area contributed by atoms with Gasteiger partial charge in [0.25, 0.3) is 0 Å². The maximum Gasteiger partial charge on any atom is 0.313 e. The van der Waals surface area contributed by atoms with E-state index in [0.717, 1.165) is 0 Å². The summed E-state index contributed by atoms with van der Waals surface area (Å²) in [7, 11) is 0. The topological polar surface area (TPSA) is 91.8 Å². The van der Waals surface area contributed by atoms with E-state index < -0.39 is 5.97 Å². The van der Waals surface area contributed by atoms with Crippen molar-refractivity contribution >= 4 is 17.7 Å². The Hall–Kier alpha value is -1.11. The van der Waals surface area contributed by atoms with Gasteiger partial charge in [0.15, 0.2) is 5.82 Å². The van der Waals surface area contributed by atoms with E-state index in [1.165, 1.54) is 11.8 Å². The Kier molecular flexibility index (Phi) is 2.84. The van der Waals surface area contributed by atoms with E-state index in [1.807, 2.05) is 0 Å². The zero-order valence-electron chi connectivity index (χ0n) is 5.52. The molecular formula is C4H6N4O2S. The molecule has 0 saturated heterocycles. The monoisotopic (exact) mass is 174 g/mol. The van der Waals surface area contributed by atoms with Crippen molar-refractivity contribution in [3.05, 3.63) is 5.82 Å². The van der Waals surface area contributed by atoms with Crippen LogP contribution < -0.4 is 0 Å². The Morgan fingerprint density at radius 2 is 2.55 bits per heavy atom. The van der Waals surface area contributed by atoms with Gasteiger partial charge in [-0.3, -0.25) is 4.79 Å². The number of carboxylic acids is 1. The van der Waals surface area contributed by atoms with Gasteiger partial charge in [0.1, 0.15) is 0 Å². The van der Waals surface area contributed by atoms with Gasteiger partial charge in [-0.1, -0.05) is 5.21 Å². The number of aromatic nitrogens is 4. The third-order valence-corrected chi connectivity index (χ3v) is 1.76. The number of rotatable bonds is 4. The van der Waals surface area contributed by atoms with Gasteiger partial charge in [-0.25, -0.2) is 0 Å². The van der Waals surface area contributed by atoms with Crippen LogP contribution in [0.5, 0.6) is 0 Å². The Labute approximate surface area is 66.4 Å². The molecule has 0 aliphatic carbocycles. The second kappa shape index (κ2) is 3.91. The number of H-pyrrole nitrogens is 1. The van der Waals surface area contributed by atoms with E-state index in [9.17, 15) is 4.79 Å². The van der Waals surface area contributed by atoms with Gasteiger partial charge < -0.3 is 5.11 Å². The van der Waals surface area contributed by atoms with Gasteiger partial charge in [0.2, 0.25) is 0 Å². The molecule has 7 heteroatoms. The van der Waals surface area contributed by atoms with E-state index in [0.29, 0.717) is 11.6 Å². The Morgan fingerprint density at radius 1 is 1.73 bits per heavy atom. The fraction of sp³-hybridized carbons (Fsp3) is 0.500. The molecule has 0 amide bonds. The summed E-state index contributed by atoms with van der Waals surface area (Å²) in [4.78, 5) is 10.0. The molecule has 2 N–H and O–H groups in total. The normalized spacial score (nSPS) is 9.82. The van der Waals surface area contributed by atoms with E-state index >= 15 is 0 Å². The van der Waals surface area contributed by atoms with E-state index in [2.05, 4.69) is 20.6 Å². The molecule has 1 aromatic rings. The Balaban J connectivity index is 2.19. The van der Waals surface area contributed by atoms with Crippen molar-refractivity contribution in [3.63, 3.8) is 0 Å². The van der Waals surface area contributed by atoms with Crippen molar-refractivity contribution in [3.8, 4) is 0 Å². The lowest BCUT2D eigenvalue weighted by molar-refractivity contribution is -0.133. The molecule has 11 heavy (non-hydrogen) atoms. The minimum atomic E-state index is -0.835. The van der Waals surface area contributed by atoms with Crippen LogP contribution in [0, 0.1) is 0 Å². The number of carboxylic acid groups (broad SMARTS) is 1. The van der Waals surface area contributed by atoms with Crippen molar-refractivity contribution in [1.82, 2.24) is 20.6 Å². The van der Waals surface area contributed by atoms with Crippen molar-refractivity contribution in [1.29, 1.82) is 0 Å². The largest absolute Gasteiger partial charge is 0.481 e. The van der Waals surface area contributed by atoms with E-state index in [1.54, 1.807) is 0 Å². The molecule has 0 fully saturated rings. The standard InChI is InChI=1S/C4H6N4O2S/c9-4(10)2-11-1-3-5-7-8-6-3/h1-2H2,(H,9,10)(H,5,6,7,8). The van der Waals surface area contributed by atoms with Crippen LogP contribution in [0.2, 0.25) is 0 Å². The Bertz CT molecular complexity index is 224. The number of tetrazole rings is 1. The molecule has 60 valence electrons.